The molecule has 2 saturated heterocycles. The van der Waals surface area contributed by atoms with E-state index in [9.17, 15) is 4.79 Å². The molecule has 1 atom stereocenters. The van der Waals surface area contributed by atoms with Gasteiger partial charge in [-0.1, -0.05) is 0 Å². The van der Waals surface area contributed by atoms with Crippen LogP contribution in [0.1, 0.15) is 19.3 Å². The summed E-state index contributed by atoms with van der Waals surface area (Å²) in [6, 6.07) is 2.39. The molecule has 0 radical (unpaired) electrons. The Kier molecular flexibility index (Phi) is 5.40. The number of rotatable bonds is 5. The van der Waals surface area contributed by atoms with Crippen LogP contribution in [0.15, 0.2) is 18.5 Å². The largest absolute Gasteiger partial charge is 0.481 e. The van der Waals surface area contributed by atoms with Gasteiger partial charge in [0, 0.05) is 57.7 Å². The number of nitrogens with zero attached hydrogens (tertiary/aromatic N) is 5. The first kappa shape index (κ1) is 16.1. The number of carboxylic acid groups (broad SMARTS) is 1. The Hall–Kier alpha value is -1.73. The standard InChI is InChI=1S/C16H25N5O2/c22-15(23)4-8-19-7-1-3-14(13-19)20-9-11-21(12-10-20)16-17-5-2-6-18-16/h2,5-6,14H,1,3-4,7-13H2,(H,22,23). The number of likely N-dealkylation sites (tertiary alicyclic amines) is 1. The van der Waals surface area contributed by atoms with Crippen LogP contribution in [0.4, 0.5) is 5.95 Å². The summed E-state index contributed by atoms with van der Waals surface area (Å²) >= 11 is 0. The molecular weight excluding hydrogens is 294 g/mol. The molecule has 1 unspecified atom stereocenters. The molecule has 2 fully saturated rings. The predicted octanol–water partition coefficient (Wildman–Crippen LogP) is 0.538. The normalized spacial score (nSPS) is 23.8. The Morgan fingerprint density at radius 3 is 2.61 bits per heavy atom. The SMILES string of the molecule is O=C(O)CCN1CCCC(N2CCN(c3ncccn3)CC2)C1. The molecule has 2 aliphatic rings. The average molecular weight is 319 g/mol. The number of aromatic nitrogens is 2. The van der Waals surface area contributed by atoms with Crippen LogP contribution in [0.3, 0.4) is 0 Å². The minimum absolute atomic E-state index is 0.242. The molecule has 3 rings (SSSR count). The molecule has 7 heteroatoms. The van der Waals surface area contributed by atoms with Crippen molar-refractivity contribution in [3.05, 3.63) is 18.5 Å². The van der Waals surface area contributed by atoms with Crippen LogP contribution in [-0.2, 0) is 4.79 Å². The van der Waals surface area contributed by atoms with Crippen molar-refractivity contribution in [2.24, 2.45) is 0 Å². The van der Waals surface area contributed by atoms with Gasteiger partial charge in [0.1, 0.15) is 0 Å². The highest BCUT2D eigenvalue weighted by atomic mass is 16.4. The third-order valence-electron chi connectivity index (χ3n) is 4.79. The fourth-order valence-corrected chi connectivity index (χ4v) is 3.53. The predicted molar refractivity (Wildman–Crippen MR) is 87.5 cm³/mol. The highest BCUT2D eigenvalue weighted by molar-refractivity contribution is 5.66. The van der Waals surface area contributed by atoms with Crippen molar-refractivity contribution in [2.75, 3.05) is 50.7 Å². The van der Waals surface area contributed by atoms with Crippen molar-refractivity contribution in [1.82, 2.24) is 19.8 Å². The van der Waals surface area contributed by atoms with Crippen LogP contribution in [0.25, 0.3) is 0 Å². The fourth-order valence-electron chi connectivity index (χ4n) is 3.53. The van der Waals surface area contributed by atoms with Crippen molar-refractivity contribution < 1.29 is 9.90 Å². The summed E-state index contributed by atoms with van der Waals surface area (Å²) in [4.78, 5) is 26.5. The highest BCUT2D eigenvalue weighted by Crippen LogP contribution is 2.19. The first-order valence-electron chi connectivity index (χ1n) is 8.42. The molecule has 1 aromatic heterocycles. The van der Waals surface area contributed by atoms with Crippen molar-refractivity contribution >= 4 is 11.9 Å². The number of carboxylic acids is 1. The minimum Gasteiger partial charge on any atom is -0.481 e. The lowest BCUT2D eigenvalue weighted by molar-refractivity contribution is -0.137. The Balaban J connectivity index is 1.48. The van der Waals surface area contributed by atoms with Gasteiger partial charge in [-0.15, -0.1) is 0 Å². The molecule has 0 bridgehead atoms. The maximum absolute atomic E-state index is 10.7. The van der Waals surface area contributed by atoms with Crippen molar-refractivity contribution in [1.29, 1.82) is 0 Å². The van der Waals surface area contributed by atoms with E-state index in [0.717, 1.165) is 51.6 Å². The first-order chi connectivity index (χ1) is 11.2. The van der Waals surface area contributed by atoms with Crippen molar-refractivity contribution in [3.8, 4) is 0 Å². The van der Waals surface area contributed by atoms with Crippen LogP contribution >= 0.6 is 0 Å². The fraction of sp³-hybridized carbons (Fsp3) is 0.688. The van der Waals surface area contributed by atoms with E-state index in [1.54, 1.807) is 12.4 Å². The monoisotopic (exact) mass is 319 g/mol. The molecular formula is C16H25N5O2. The Morgan fingerprint density at radius 1 is 1.17 bits per heavy atom. The number of piperazine rings is 1. The van der Waals surface area contributed by atoms with Crippen LogP contribution in [0.2, 0.25) is 0 Å². The molecule has 0 amide bonds. The number of carbonyl (C=O) groups is 1. The number of hydrogen-bond donors (Lipinski definition) is 1. The smallest absolute Gasteiger partial charge is 0.304 e. The molecule has 126 valence electrons. The third-order valence-corrected chi connectivity index (χ3v) is 4.79. The van der Waals surface area contributed by atoms with Crippen LogP contribution < -0.4 is 4.90 Å². The third kappa shape index (κ3) is 4.39. The molecule has 0 aromatic carbocycles. The van der Waals surface area contributed by atoms with Crippen molar-refractivity contribution in [2.45, 2.75) is 25.3 Å². The van der Waals surface area contributed by atoms with Gasteiger partial charge in [0.05, 0.1) is 6.42 Å². The van der Waals surface area contributed by atoms with Gasteiger partial charge < -0.3 is 14.9 Å². The van der Waals surface area contributed by atoms with E-state index in [4.69, 9.17) is 5.11 Å². The molecule has 1 N–H and O–H groups in total. The summed E-state index contributed by atoms with van der Waals surface area (Å²) in [7, 11) is 0. The average Bonchev–Trinajstić information content (AvgIpc) is 2.61. The summed E-state index contributed by atoms with van der Waals surface area (Å²) in [5.41, 5.74) is 0. The van der Waals surface area contributed by atoms with E-state index in [0.29, 0.717) is 12.6 Å². The summed E-state index contributed by atoms with van der Waals surface area (Å²) in [5, 5.41) is 8.84. The molecule has 0 spiro atoms. The van der Waals surface area contributed by atoms with Crippen LogP contribution in [0, 0.1) is 0 Å². The van der Waals surface area contributed by atoms with Gasteiger partial charge in [0.15, 0.2) is 0 Å². The second-order valence-corrected chi connectivity index (χ2v) is 6.31. The van der Waals surface area contributed by atoms with Crippen molar-refractivity contribution in [3.63, 3.8) is 0 Å². The second kappa shape index (κ2) is 7.70. The zero-order valence-corrected chi connectivity index (χ0v) is 13.5. The topological polar surface area (TPSA) is 72.8 Å². The Labute approximate surface area is 136 Å². The number of anilines is 1. The maximum atomic E-state index is 10.7. The van der Waals surface area contributed by atoms with Gasteiger partial charge in [-0.2, -0.15) is 0 Å². The van der Waals surface area contributed by atoms with Crippen LogP contribution in [-0.4, -0.2) is 82.7 Å². The molecule has 2 aliphatic heterocycles. The quantitative estimate of drug-likeness (QED) is 0.849. The Bertz CT molecular complexity index is 504. The van der Waals surface area contributed by atoms with Gasteiger partial charge in [0.2, 0.25) is 5.95 Å². The highest BCUT2D eigenvalue weighted by Gasteiger charge is 2.28. The molecule has 3 heterocycles. The lowest BCUT2D eigenvalue weighted by Crippen LogP contribution is -2.55. The molecule has 7 nitrogen and oxygen atoms in total. The number of hydrogen-bond acceptors (Lipinski definition) is 6. The lowest BCUT2D eigenvalue weighted by Gasteiger charge is -2.43. The molecule has 23 heavy (non-hydrogen) atoms. The van der Waals surface area contributed by atoms with E-state index in [1.165, 1.54) is 6.42 Å². The van der Waals surface area contributed by atoms with Gasteiger partial charge in [-0.25, -0.2) is 9.97 Å². The zero-order chi connectivity index (χ0) is 16.1. The number of piperidine rings is 1. The summed E-state index contributed by atoms with van der Waals surface area (Å²) in [6.07, 6.45) is 6.19. The second-order valence-electron chi connectivity index (χ2n) is 6.31. The molecule has 0 saturated carbocycles. The summed E-state index contributed by atoms with van der Waals surface area (Å²) < 4.78 is 0. The van der Waals surface area contributed by atoms with Gasteiger partial charge in [-0.05, 0) is 25.5 Å². The molecule has 0 aliphatic carbocycles. The van der Waals surface area contributed by atoms with E-state index in [-0.39, 0.29) is 6.42 Å². The Morgan fingerprint density at radius 2 is 1.91 bits per heavy atom. The first-order valence-corrected chi connectivity index (χ1v) is 8.42. The van der Waals surface area contributed by atoms with E-state index >= 15 is 0 Å². The van der Waals surface area contributed by atoms with Crippen LogP contribution in [0.5, 0.6) is 0 Å². The van der Waals surface area contributed by atoms with E-state index in [1.807, 2.05) is 6.07 Å². The lowest BCUT2D eigenvalue weighted by atomic mass is 10.0. The van der Waals surface area contributed by atoms with E-state index in [2.05, 4.69) is 24.7 Å². The van der Waals surface area contributed by atoms with E-state index < -0.39 is 5.97 Å². The summed E-state index contributed by atoms with van der Waals surface area (Å²) in [5.74, 6) is 0.113. The van der Waals surface area contributed by atoms with Gasteiger partial charge >= 0.3 is 5.97 Å². The number of aliphatic carboxylic acids is 1. The molecule has 1 aromatic rings. The summed E-state index contributed by atoms with van der Waals surface area (Å²) in [6.45, 7) is 6.65. The van der Waals surface area contributed by atoms with Gasteiger partial charge in [0.25, 0.3) is 0 Å². The zero-order valence-electron chi connectivity index (χ0n) is 13.5. The van der Waals surface area contributed by atoms with Gasteiger partial charge in [-0.3, -0.25) is 9.69 Å². The maximum Gasteiger partial charge on any atom is 0.304 e. The minimum atomic E-state index is -0.705.